The fourth-order valence-corrected chi connectivity index (χ4v) is 0.963. The van der Waals surface area contributed by atoms with Crippen LogP contribution in [0.25, 0.3) is 0 Å². The fourth-order valence-electron chi connectivity index (χ4n) is 0.963. The Hall–Kier alpha value is -1.10. The molecule has 1 aliphatic rings. The van der Waals surface area contributed by atoms with Gasteiger partial charge in [0.2, 0.25) is 0 Å². The molecule has 1 heterocycles. The molecule has 0 bridgehead atoms. The lowest BCUT2D eigenvalue weighted by Gasteiger charge is -2.25. The molecular formula is C6H10N2O3. The van der Waals surface area contributed by atoms with Crippen LogP contribution in [0.15, 0.2) is 0 Å². The maximum absolute atomic E-state index is 10.8. The van der Waals surface area contributed by atoms with Gasteiger partial charge in [0.15, 0.2) is 0 Å². The molecule has 0 aliphatic carbocycles. The van der Waals surface area contributed by atoms with Crippen LogP contribution in [0.4, 0.5) is 4.79 Å². The van der Waals surface area contributed by atoms with Crippen LogP contribution in [0, 0.1) is 0 Å². The second kappa shape index (κ2) is 3.92. The highest BCUT2D eigenvalue weighted by molar-refractivity contribution is 5.74. The fraction of sp³-hybridized carbons (Fsp3) is 0.667. The Morgan fingerprint density at radius 2 is 2.09 bits per heavy atom. The first-order chi connectivity index (χ1) is 5.34. The molecule has 1 rings (SSSR count). The van der Waals surface area contributed by atoms with Crippen molar-refractivity contribution in [3.05, 3.63) is 0 Å². The SMILES string of the molecule is O=COC(=O)N1CCNCC1. The van der Waals surface area contributed by atoms with Crippen molar-refractivity contribution in [1.82, 2.24) is 10.2 Å². The molecule has 5 nitrogen and oxygen atoms in total. The molecule has 0 spiro atoms. The molecule has 1 aliphatic heterocycles. The van der Waals surface area contributed by atoms with E-state index in [-0.39, 0.29) is 6.47 Å². The molecule has 0 unspecified atom stereocenters. The van der Waals surface area contributed by atoms with Crippen molar-refractivity contribution in [1.29, 1.82) is 0 Å². The summed E-state index contributed by atoms with van der Waals surface area (Å²) in [6.45, 7) is 2.88. The number of ether oxygens (including phenoxy) is 1. The monoisotopic (exact) mass is 158 g/mol. The van der Waals surface area contributed by atoms with Crippen LogP contribution >= 0.6 is 0 Å². The number of hydrogen-bond donors (Lipinski definition) is 1. The maximum Gasteiger partial charge on any atom is 0.417 e. The summed E-state index contributed by atoms with van der Waals surface area (Å²) in [7, 11) is 0. The highest BCUT2D eigenvalue weighted by Crippen LogP contribution is 1.94. The topological polar surface area (TPSA) is 58.6 Å². The highest BCUT2D eigenvalue weighted by atomic mass is 16.6. The van der Waals surface area contributed by atoms with Gasteiger partial charge < -0.3 is 15.0 Å². The summed E-state index contributed by atoms with van der Waals surface area (Å²) >= 11 is 0. The van der Waals surface area contributed by atoms with E-state index in [1.165, 1.54) is 4.90 Å². The number of amides is 1. The van der Waals surface area contributed by atoms with E-state index in [0.29, 0.717) is 13.1 Å². The molecule has 1 fully saturated rings. The van der Waals surface area contributed by atoms with E-state index in [2.05, 4.69) is 10.1 Å². The van der Waals surface area contributed by atoms with Crippen LogP contribution in [-0.4, -0.2) is 43.6 Å². The quantitative estimate of drug-likeness (QED) is 0.400. The van der Waals surface area contributed by atoms with Gasteiger partial charge in [0.1, 0.15) is 0 Å². The normalized spacial score (nSPS) is 17.6. The van der Waals surface area contributed by atoms with Crippen molar-refractivity contribution in [2.75, 3.05) is 26.2 Å². The molecular weight excluding hydrogens is 148 g/mol. The van der Waals surface area contributed by atoms with Crippen LogP contribution in [0.2, 0.25) is 0 Å². The second-order valence-corrected chi connectivity index (χ2v) is 2.22. The first-order valence-corrected chi connectivity index (χ1v) is 3.44. The van der Waals surface area contributed by atoms with Crippen molar-refractivity contribution >= 4 is 12.6 Å². The van der Waals surface area contributed by atoms with Crippen LogP contribution < -0.4 is 5.32 Å². The average molecular weight is 158 g/mol. The average Bonchev–Trinajstić information content (AvgIpc) is 2.07. The second-order valence-electron chi connectivity index (χ2n) is 2.22. The van der Waals surface area contributed by atoms with Crippen molar-refractivity contribution in [3.63, 3.8) is 0 Å². The summed E-state index contributed by atoms with van der Waals surface area (Å²) < 4.78 is 4.16. The molecule has 1 amide bonds. The number of nitrogens with one attached hydrogen (secondary N) is 1. The minimum absolute atomic E-state index is 0.157. The zero-order chi connectivity index (χ0) is 8.10. The Morgan fingerprint density at radius 1 is 1.45 bits per heavy atom. The molecule has 0 aromatic carbocycles. The number of piperazine rings is 1. The summed E-state index contributed by atoms with van der Waals surface area (Å²) in [5, 5.41) is 3.07. The standard InChI is InChI=1S/C6H10N2O3/c9-5-11-6(10)8-3-1-7-2-4-8/h5,7H,1-4H2. The van der Waals surface area contributed by atoms with E-state index in [1.54, 1.807) is 0 Å². The van der Waals surface area contributed by atoms with Crippen molar-refractivity contribution in [2.45, 2.75) is 0 Å². The third-order valence-corrected chi connectivity index (χ3v) is 1.52. The van der Waals surface area contributed by atoms with Crippen LogP contribution in [0.3, 0.4) is 0 Å². The third kappa shape index (κ3) is 2.19. The van der Waals surface area contributed by atoms with Gasteiger partial charge in [-0.1, -0.05) is 0 Å². The lowest BCUT2D eigenvalue weighted by atomic mass is 10.4. The Kier molecular flexibility index (Phi) is 2.85. The Morgan fingerprint density at radius 3 is 2.64 bits per heavy atom. The highest BCUT2D eigenvalue weighted by Gasteiger charge is 2.16. The van der Waals surface area contributed by atoms with E-state index >= 15 is 0 Å². The predicted molar refractivity (Wildman–Crippen MR) is 37.0 cm³/mol. The molecule has 0 aromatic heterocycles. The lowest BCUT2D eigenvalue weighted by Crippen LogP contribution is -2.46. The van der Waals surface area contributed by atoms with E-state index in [1.807, 2.05) is 0 Å². The van der Waals surface area contributed by atoms with E-state index in [4.69, 9.17) is 0 Å². The van der Waals surface area contributed by atoms with Gasteiger partial charge in [0.25, 0.3) is 0 Å². The van der Waals surface area contributed by atoms with Crippen molar-refractivity contribution in [3.8, 4) is 0 Å². The van der Waals surface area contributed by atoms with Crippen molar-refractivity contribution in [2.24, 2.45) is 0 Å². The van der Waals surface area contributed by atoms with Gasteiger partial charge in [0, 0.05) is 26.2 Å². The van der Waals surface area contributed by atoms with Gasteiger partial charge >= 0.3 is 12.6 Å². The molecule has 0 aromatic rings. The Balaban J connectivity index is 2.32. The molecule has 1 saturated heterocycles. The molecule has 1 N–H and O–H groups in total. The molecule has 5 heteroatoms. The van der Waals surface area contributed by atoms with E-state index in [0.717, 1.165) is 13.1 Å². The predicted octanol–water partition coefficient (Wildman–Crippen LogP) is -0.815. The Bertz CT molecular complexity index is 154. The first-order valence-electron chi connectivity index (χ1n) is 3.44. The number of rotatable bonds is 1. The number of hydrogen-bond acceptors (Lipinski definition) is 4. The summed E-state index contributed by atoms with van der Waals surface area (Å²) in [6, 6.07) is 0. The minimum atomic E-state index is -0.554. The van der Waals surface area contributed by atoms with Gasteiger partial charge in [-0.05, 0) is 0 Å². The smallest absolute Gasteiger partial charge is 0.379 e. The van der Waals surface area contributed by atoms with Crippen molar-refractivity contribution < 1.29 is 14.3 Å². The summed E-state index contributed by atoms with van der Waals surface area (Å²) in [6.07, 6.45) is -0.554. The molecule has 0 saturated carbocycles. The third-order valence-electron chi connectivity index (χ3n) is 1.52. The Labute approximate surface area is 64.3 Å². The van der Waals surface area contributed by atoms with Crippen LogP contribution in [-0.2, 0) is 9.53 Å². The van der Waals surface area contributed by atoms with Crippen LogP contribution in [0.5, 0.6) is 0 Å². The van der Waals surface area contributed by atoms with E-state index < -0.39 is 6.09 Å². The molecule has 62 valence electrons. The van der Waals surface area contributed by atoms with Gasteiger partial charge in [-0.25, -0.2) is 4.79 Å². The first kappa shape index (κ1) is 8.00. The van der Waals surface area contributed by atoms with Gasteiger partial charge in [0.05, 0.1) is 0 Å². The van der Waals surface area contributed by atoms with Gasteiger partial charge in [-0.15, -0.1) is 0 Å². The maximum atomic E-state index is 10.8. The molecule has 0 atom stereocenters. The zero-order valence-electron chi connectivity index (χ0n) is 6.08. The summed E-state index contributed by atoms with van der Waals surface area (Å²) in [5.41, 5.74) is 0. The largest absolute Gasteiger partial charge is 0.417 e. The van der Waals surface area contributed by atoms with Gasteiger partial charge in [-0.2, -0.15) is 0 Å². The number of carbonyl (C=O) groups excluding carboxylic acids is 2. The molecule has 11 heavy (non-hydrogen) atoms. The van der Waals surface area contributed by atoms with E-state index in [9.17, 15) is 9.59 Å². The summed E-state index contributed by atoms with van der Waals surface area (Å²) in [5.74, 6) is 0. The number of carbonyl (C=O) groups is 2. The van der Waals surface area contributed by atoms with Gasteiger partial charge in [-0.3, -0.25) is 4.79 Å². The molecule has 0 radical (unpaired) electrons. The summed E-state index contributed by atoms with van der Waals surface area (Å²) in [4.78, 5) is 22.1. The lowest BCUT2D eigenvalue weighted by molar-refractivity contribution is -0.124. The number of nitrogens with zero attached hydrogens (tertiary/aromatic N) is 1. The zero-order valence-corrected chi connectivity index (χ0v) is 6.08. The van der Waals surface area contributed by atoms with Crippen LogP contribution in [0.1, 0.15) is 0 Å². The minimum Gasteiger partial charge on any atom is -0.379 e.